The minimum atomic E-state index is 0.398. The lowest BCUT2D eigenvalue weighted by atomic mass is 9.67. The summed E-state index contributed by atoms with van der Waals surface area (Å²) in [5.74, 6) is 0.801. The molecule has 3 aliphatic rings. The summed E-state index contributed by atoms with van der Waals surface area (Å²) in [6.45, 7) is 7.29. The Morgan fingerprint density at radius 2 is 2.28 bits per heavy atom. The Bertz CT molecular complexity index is 275. The molecule has 0 bridgehead atoms. The smallest absolute Gasteiger partial charge is 0.0707 e. The fraction of sp³-hybridized carbons (Fsp3) is 1.00. The van der Waals surface area contributed by atoms with Gasteiger partial charge >= 0.3 is 0 Å². The Balaban J connectivity index is 1.61. The van der Waals surface area contributed by atoms with Crippen LogP contribution in [0.4, 0.5) is 0 Å². The maximum atomic E-state index is 5.90. The van der Waals surface area contributed by atoms with Crippen molar-refractivity contribution in [2.24, 2.45) is 11.3 Å². The fourth-order valence-corrected chi connectivity index (χ4v) is 3.75. The van der Waals surface area contributed by atoms with Crippen LogP contribution in [-0.4, -0.2) is 64.1 Å². The van der Waals surface area contributed by atoms with Crippen LogP contribution in [0.15, 0.2) is 0 Å². The molecule has 0 amide bonds. The average Bonchev–Trinajstić information content (AvgIpc) is 2.35. The number of nitrogens with one attached hydrogen (secondary N) is 1. The van der Waals surface area contributed by atoms with Gasteiger partial charge in [0.2, 0.25) is 0 Å². The molecule has 0 spiro atoms. The summed E-state index contributed by atoms with van der Waals surface area (Å²) >= 11 is 0. The van der Waals surface area contributed by atoms with E-state index in [1.54, 1.807) is 0 Å². The van der Waals surface area contributed by atoms with Crippen molar-refractivity contribution in [1.82, 2.24) is 10.2 Å². The van der Waals surface area contributed by atoms with Crippen molar-refractivity contribution < 1.29 is 9.47 Å². The Labute approximate surface area is 110 Å². The highest BCUT2D eigenvalue weighted by atomic mass is 16.5. The number of piperidine rings is 1. The van der Waals surface area contributed by atoms with E-state index in [1.807, 2.05) is 0 Å². The minimum absolute atomic E-state index is 0.398. The van der Waals surface area contributed by atoms with Gasteiger partial charge in [-0.25, -0.2) is 0 Å². The Hall–Kier alpha value is -0.160. The number of rotatable bonds is 3. The van der Waals surface area contributed by atoms with Crippen LogP contribution in [0.25, 0.3) is 0 Å². The van der Waals surface area contributed by atoms with Crippen molar-refractivity contribution >= 4 is 0 Å². The number of ether oxygens (including phenoxy) is 2. The summed E-state index contributed by atoms with van der Waals surface area (Å²) in [6.07, 6.45) is 4.29. The van der Waals surface area contributed by atoms with Gasteiger partial charge in [0.15, 0.2) is 0 Å². The molecule has 4 heteroatoms. The Morgan fingerprint density at radius 1 is 1.39 bits per heavy atom. The zero-order chi connectivity index (χ0) is 12.4. The topological polar surface area (TPSA) is 33.7 Å². The molecule has 2 unspecified atom stereocenters. The van der Waals surface area contributed by atoms with Gasteiger partial charge in [-0.1, -0.05) is 0 Å². The largest absolute Gasteiger partial charge is 0.380 e. The van der Waals surface area contributed by atoms with E-state index in [0.29, 0.717) is 11.5 Å². The van der Waals surface area contributed by atoms with Crippen LogP contribution in [0.5, 0.6) is 0 Å². The summed E-state index contributed by atoms with van der Waals surface area (Å²) in [6, 6.07) is 0. The third-order valence-electron chi connectivity index (χ3n) is 4.91. The van der Waals surface area contributed by atoms with E-state index >= 15 is 0 Å². The van der Waals surface area contributed by atoms with Crippen LogP contribution in [0, 0.1) is 11.3 Å². The maximum absolute atomic E-state index is 5.90. The molecule has 0 aromatic heterocycles. The van der Waals surface area contributed by atoms with E-state index in [-0.39, 0.29) is 0 Å². The van der Waals surface area contributed by atoms with Gasteiger partial charge in [0.1, 0.15) is 0 Å². The van der Waals surface area contributed by atoms with Gasteiger partial charge in [-0.05, 0) is 38.8 Å². The van der Waals surface area contributed by atoms with Crippen LogP contribution >= 0.6 is 0 Å². The number of morpholine rings is 1. The molecule has 0 aromatic carbocycles. The normalized spacial score (nSPS) is 37.2. The van der Waals surface area contributed by atoms with Crippen LogP contribution in [0.1, 0.15) is 19.3 Å². The van der Waals surface area contributed by atoms with Crippen molar-refractivity contribution in [2.45, 2.75) is 25.4 Å². The molecule has 3 heterocycles. The second-order valence-corrected chi connectivity index (χ2v) is 6.36. The van der Waals surface area contributed by atoms with Gasteiger partial charge in [-0.3, -0.25) is 0 Å². The number of likely N-dealkylation sites (tertiary alicyclic amines) is 1. The van der Waals surface area contributed by atoms with Gasteiger partial charge in [-0.2, -0.15) is 0 Å². The van der Waals surface area contributed by atoms with E-state index < -0.39 is 0 Å². The maximum Gasteiger partial charge on any atom is 0.0707 e. The molecule has 104 valence electrons. The second kappa shape index (κ2) is 5.45. The fourth-order valence-electron chi connectivity index (χ4n) is 3.75. The summed E-state index contributed by atoms with van der Waals surface area (Å²) in [5, 5.41) is 3.44. The number of nitrogens with zero attached hydrogens (tertiary/aromatic N) is 1. The van der Waals surface area contributed by atoms with Gasteiger partial charge < -0.3 is 19.7 Å². The zero-order valence-electron chi connectivity index (χ0n) is 11.5. The minimum Gasteiger partial charge on any atom is -0.380 e. The van der Waals surface area contributed by atoms with Crippen LogP contribution in [0.3, 0.4) is 0 Å². The van der Waals surface area contributed by atoms with Gasteiger partial charge in [0.05, 0.1) is 25.9 Å². The van der Waals surface area contributed by atoms with Gasteiger partial charge in [0.25, 0.3) is 0 Å². The Morgan fingerprint density at radius 3 is 2.89 bits per heavy atom. The SMILES string of the molecule is CN1CCCC(C2(CC3CNCCO3)COC2)C1. The Kier molecular flexibility index (Phi) is 3.89. The molecule has 18 heavy (non-hydrogen) atoms. The predicted molar refractivity (Wildman–Crippen MR) is 70.7 cm³/mol. The van der Waals surface area contributed by atoms with E-state index in [9.17, 15) is 0 Å². The molecule has 0 aliphatic carbocycles. The molecule has 0 saturated carbocycles. The van der Waals surface area contributed by atoms with E-state index in [4.69, 9.17) is 9.47 Å². The summed E-state index contributed by atoms with van der Waals surface area (Å²) in [7, 11) is 2.25. The third kappa shape index (κ3) is 2.57. The quantitative estimate of drug-likeness (QED) is 0.805. The molecule has 0 radical (unpaired) electrons. The molecular formula is C14H26N2O2. The first-order valence-corrected chi connectivity index (χ1v) is 7.37. The molecule has 3 fully saturated rings. The van der Waals surface area contributed by atoms with E-state index in [0.717, 1.165) is 38.8 Å². The molecular weight excluding hydrogens is 228 g/mol. The lowest BCUT2D eigenvalue weighted by Crippen LogP contribution is -2.56. The zero-order valence-corrected chi connectivity index (χ0v) is 11.5. The first kappa shape index (κ1) is 12.9. The van der Waals surface area contributed by atoms with Crippen molar-refractivity contribution in [2.75, 3.05) is 53.0 Å². The first-order chi connectivity index (χ1) is 8.78. The van der Waals surface area contributed by atoms with Gasteiger partial charge in [0, 0.05) is 25.0 Å². The molecule has 3 saturated heterocycles. The molecule has 2 atom stereocenters. The van der Waals surface area contributed by atoms with Crippen molar-refractivity contribution in [3.63, 3.8) is 0 Å². The highest BCUT2D eigenvalue weighted by Gasteiger charge is 2.47. The lowest BCUT2D eigenvalue weighted by molar-refractivity contribution is -0.178. The summed E-state index contributed by atoms with van der Waals surface area (Å²) < 4.78 is 11.5. The summed E-state index contributed by atoms with van der Waals surface area (Å²) in [5.41, 5.74) is 0.401. The second-order valence-electron chi connectivity index (χ2n) is 6.36. The van der Waals surface area contributed by atoms with E-state index in [1.165, 1.54) is 32.4 Å². The van der Waals surface area contributed by atoms with Crippen molar-refractivity contribution in [3.05, 3.63) is 0 Å². The van der Waals surface area contributed by atoms with Crippen molar-refractivity contribution in [3.8, 4) is 0 Å². The highest BCUT2D eigenvalue weighted by molar-refractivity contribution is 4.96. The highest BCUT2D eigenvalue weighted by Crippen LogP contribution is 2.44. The number of hydrogen-bond donors (Lipinski definition) is 1. The molecule has 0 aromatic rings. The van der Waals surface area contributed by atoms with Crippen LogP contribution in [0.2, 0.25) is 0 Å². The molecule has 3 aliphatic heterocycles. The molecule has 4 nitrogen and oxygen atoms in total. The number of hydrogen-bond acceptors (Lipinski definition) is 4. The van der Waals surface area contributed by atoms with Crippen LogP contribution in [-0.2, 0) is 9.47 Å². The molecule has 1 N–H and O–H groups in total. The standard InChI is InChI=1S/C14H26N2O2/c1-16-5-2-3-12(9-16)14(10-17-11-14)7-13-8-15-4-6-18-13/h12-13,15H,2-11H2,1H3. The predicted octanol–water partition coefficient (Wildman–Crippen LogP) is 0.723. The lowest BCUT2D eigenvalue weighted by Gasteiger charge is -2.51. The van der Waals surface area contributed by atoms with E-state index in [2.05, 4.69) is 17.3 Å². The average molecular weight is 254 g/mol. The summed E-state index contributed by atoms with van der Waals surface area (Å²) in [4.78, 5) is 2.48. The van der Waals surface area contributed by atoms with Crippen molar-refractivity contribution in [1.29, 1.82) is 0 Å². The molecule has 3 rings (SSSR count). The monoisotopic (exact) mass is 254 g/mol. The third-order valence-corrected chi connectivity index (χ3v) is 4.91. The van der Waals surface area contributed by atoms with Gasteiger partial charge in [-0.15, -0.1) is 0 Å². The first-order valence-electron chi connectivity index (χ1n) is 7.37. The van der Waals surface area contributed by atoms with Crippen LogP contribution < -0.4 is 5.32 Å².